The number of halogens is 2. The van der Waals surface area contributed by atoms with Crippen LogP contribution in [-0.2, 0) is 6.42 Å². The highest BCUT2D eigenvalue weighted by molar-refractivity contribution is 14.1. The van der Waals surface area contributed by atoms with Crippen molar-refractivity contribution in [3.05, 3.63) is 61.9 Å². The molecule has 0 saturated carbocycles. The predicted octanol–water partition coefficient (Wildman–Crippen LogP) is 3.93. The van der Waals surface area contributed by atoms with Crippen molar-refractivity contribution in [1.29, 1.82) is 0 Å². The van der Waals surface area contributed by atoms with E-state index in [1.54, 1.807) is 0 Å². The molecule has 1 aromatic carbocycles. The zero-order valence-electron chi connectivity index (χ0n) is 10.7. The zero-order valence-corrected chi connectivity index (χ0v) is 13.6. The van der Waals surface area contributed by atoms with Gasteiger partial charge in [-0.2, -0.15) is 0 Å². The van der Waals surface area contributed by atoms with Crippen molar-refractivity contribution in [3.8, 4) is 0 Å². The maximum Gasteiger partial charge on any atom is 0.0583 e. The Morgan fingerprint density at radius 1 is 1.37 bits per heavy atom. The molecule has 0 aliphatic rings. The number of hydrogen-bond donors (Lipinski definition) is 1. The Balaban J connectivity index is 2.27. The molecule has 4 heteroatoms. The number of nitrogens with two attached hydrogens (primary N) is 1. The predicted molar refractivity (Wildman–Crippen MR) is 88.6 cm³/mol. The molecule has 2 nitrogen and oxygen atoms in total. The third-order valence-corrected chi connectivity index (χ3v) is 4.38. The molecule has 2 aromatic rings. The summed E-state index contributed by atoms with van der Waals surface area (Å²) in [5.74, 6) is 0.243. The lowest BCUT2D eigenvalue weighted by molar-refractivity contribution is 0.666. The van der Waals surface area contributed by atoms with E-state index >= 15 is 0 Å². The van der Waals surface area contributed by atoms with Gasteiger partial charge in [0.15, 0.2) is 0 Å². The number of benzene rings is 1. The molecule has 1 aromatic heterocycles. The molecule has 0 aliphatic carbocycles. The van der Waals surface area contributed by atoms with Crippen LogP contribution in [0.25, 0.3) is 0 Å². The lowest BCUT2D eigenvalue weighted by atomic mass is 9.93. The van der Waals surface area contributed by atoms with Gasteiger partial charge >= 0.3 is 0 Å². The summed E-state index contributed by atoms with van der Waals surface area (Å²) in [5.41, 5.74) is 9.50. The van der Waals surface area contributed by atoms with Crippen LogP contribution in [0.15, 0.2) is 36.5 Å². The highest BCUT2D eigenvalue weighted by Gasteiger charge is 2.16. The molecule has 0 fully saturated rings. The van der Waals surface area contributed by atoms with Crippen molar-refractivity contribution >= 4 is 34.2 Å². The third-order valence-electron chi connectivity index (χ3n) is 3.23. The fourth-order valence-corrected chi connectivity index (χ4v) is 3.16. The summed E-state index contributed by atoms with van der Waals surface area (Å²) in [6.07, 6.45) is 2.72. The molecule has 19 heavy (non-hydrogen) atoms. The summed E-state index contributed by atoms with van der Waals surface area (Å²) in [6, 6.07) is 10.0. The monoisotopic (exact) mass is 386 g/mol. The van der Waals surface area contributed by atoms with E-state index in [0.29, 0.717) is 6.54 Å². The molecule has 1 unspecified atom stereocenters. The second kappa shape index (κ2) is 6.68. The fourth-order valence-electron chi connectivity index (χ4n) is 2.14. The summed E-state index contributed by atoms with van der Waals surface area (Å²) in [4.78, 5) is 4.48. The Kier molecular flexibility index (Phi) is 5.19. The minimum atomic E-state index is 0.243. The van der Waals surface area contributed by atoms with Gasteiger partial charge in [-0.3, -0.25) is 4.98 Å². The Hall–Kier alpha value is -0.650. The second-order valence-corrected chi connectivity index (χ2v) is 6.18. The Morgan fingerprint density at radius 2 is 2.16 bits per heavy atom. The van der Waals surface area contributed by atoms with E-state index in [1.807, 2.05) is 24.4 Å². The standard InChI is InChI=1S/C15H16ClIN2/c1-10-7-13(16)5-4-11(10)8-12(9-18)15-14(17)3-2-6-19-15/h2-7,12H,8-9,18H2,1H3. The van der Waals surface area contributed by atoms with E-state index < -0.39 is 0 Å². The van der Waals surface area contributed by atoms with Gasteiger partial charge in [0.1, 0.15) is 0 Å². The van der Waals surface area contributed by atoms with E-state index in [0.717, 1.165) is 17.1 Å². The van der Waals surface area contributed by atoms with Crippen molar-refractivity contribution in [2.75, 3.05) is 6.54 Å². The van der Waals surface area contributed by atoms with Crippen LogP contribution in [-0.4, -0.2) is 11.5 Å². The van der Waals surface area contributed by atoms with E-state index in [-0.39, 0.29) is 5.92 Å². The van der Waals surface area contributed by atoms with E-state index in [9.17, 15) is 0 Å². The first kappa shape index (κ1) is 14.8. The van der Waals surface area contributed by atoms with E-state index in [1.165, 1.54) is 14.7 Å². The molecule has 100 valence electrons. The lowest BCUT2D eigenvalue weighted by Gasteiger charge is -2.17. The molecule has 2 N–H and O–H groups in total. The largest absolute Gasteiger partial charge is 0.330 e. The second-order valence-electron chi connectivity index (χ2n) is 4.58. The quantitative estimate of drug-likeness (QED) is 0.809. The van der Waals surface area contributed by atoms with E-state index in [4.69, 9.17) is 17.3 Å². The van der Waals surface area contributed by atoms with Gasteiger partial charge in [0.2, 0.25) is 0 Å². The molecule has 0 aliphatic heterocycles. The van der Waals surface area contributed by atoms with Crippen molar-refractivity contribution < 1.29 is 0 Å². The van der Waals surface area contributed by atoms with Crippen molar-refractivity contribution in [2.24, 2.45) is 5.73 Å². The van der Waals surface area contributed by atoms with Crippen LogP contribution in [0.1, 0.15) is 22.7 Å². The third kappa shape index (κ3) is 3.68. The average Bonchev–Trinajstić information content (AvgIpc) is 2.39. The van der Waals surface area contributed by atoms with Crippen LogP contribution in [0.4, 0.5) is 0 Å². The number of hydrogen-bond acceptors (Lipinski definition) is 2. The minimum absolute atomic E-state index is 0.243. The summed E-state index contributed by atoms with van der Waals surface area (Å²) >= 11 is 8.31. The van der Waals surface area contributed by atoms with Crippen LogP contribution < -0.4 is 5.73 Å². The molecule has 0 radical (unpaired) electrons. The highest BCUT2D eigenvalue weighted by atomic mass is 127. The van der Waals surface area contributed by atoms with Crippen LogP contribution in [0.2, 0.25) is 5.02 Å². The first-order valence-electron chi connectivity index (χ1n) is 6.17. The molecule has 0 saturated heterocycles. The molecule has 0 bridgehead atoms. The first-order chi connectivity index (χ1) is 9.11. The van der Waals surface area contributed by atoms with Gasteiger partial charge in [-0.25, -0.2) is 0 Å². The molecular weight excluding hydrogens is 371 g/mol. The first-order valence-corrected chi connectivity index (χ1v) is 7.63. The minimum Gasteiger partial charge on any atom is -0.330 e. The van der Waals surface area contributed by atoms with Gasteiger partial charge in [-0.1, -0.05) is 17.7 Å². The number of aryl methyl sites for hydroxylation is 1. The van der Waals surface area contributed by atoms with Gasteiger partial charge < -0.3 is 5.73 Å². The number of pyridine rings is 1. The molecular formula is C15H16ClIN2. The van der Waals surface area contributed by atoms with Gasteiger partial charge in [-0.15, -0.1) is 0 Å². The van der Waals surface area contributed by atoms with Crippen molar-refractivity contribution in [1.82, 2.24) is 4.98 Å². The van der Waals surface area contributed by atoms with Gasteiger partial charge in [0.25, 0.3) is 0 Å². The Bertz CT molecular complexity index is 572. The molecule has 0 amide bonds. The van der Waals surface area contributed by atoms with Gasteiger partial charge in [0.05, 0.1) is 5.69 Å². The average molecular weight is 387 g/mol. The molecule has 1 heterocycles. The van der Waals surface area contributed by atoms with E-state index in [2.05, 4.69) is 46.6 Å². The summed E-state index contributed by atoms with van der Waals surface area (Å²) in [6.45, 7) is 2.67. The normalized spacial score (nSPS) is 12.4. The summed E-state index contributed by atoms with van der Waals surface area (Å²) < 4.78 is 1.17. The fraction of sp³-hybridized carbons (Fsp3) is 0.267. The van der Waals surface area contributed by atoms with Crippen LogP contribution in [0, 0.1) is 10.5 Å². The van der Waals surface area contributed by atoms with Crippen molar-refractivity contribution in [3.63, 3.8) is 0 Å². The lowest BCUT2D eigenvalue weighted by Crippen LogP contribution is -2.17. The summed E-state index contributed by atoms with van der Waals surface area (Å²) in [7, 11) is 0. The van der Waals surface area contributed by atoms with Crippen LogP contribution >= 0.6 is 34.2 Å². The molecule has 2 rings (SSSR count). The number of nitrogens with zero attached hydrogens (tertiary/aromatic N) is 1. The summed E-state index contributed by atoms with van der Waals surface area (Å²) in [5, 5.41) is 0.776. The van der Waals surface area contributed by atoms with Gasteiger partial charge in [0, 0.05) is 27.3 Å². The maximum absolute atomic E-state index is 5.99. The topological polar surface area (TPSA) is 38.9 Å². The number of rotatable bonds is 4. The van der Waals surface area contributed by atoms with Gasteiger partial charge in [-0.05, 0) is 71.3 Å². The van der Waals surface area contributed by atoms with Crippen LogP contribution in [0.5, 0.6) is 0 Å². The Morgan fingerprint density at radius 3 is 2.79 bits per heavy atom. The van der Waals surface area contributed by atoms with Crippen molar-refractivity contribution in [2.45, 2.75) is 19.3 Å². The molecule has 1 atom stereocenters. The smallest absolute Gasteiger partial charge is 0.0583 e. The zero-order chi connectivity index (χ0) is 13.8. The molecule has 0 spiro atoms. The van der Waals surface area contributed by atoms with Crippen LogP contribution in [0.3, 0.4) is 0 Å². The highest BCUT2D eigenvalue weighted by Crippen LogP contribution is 2.25. The SMILES string of the molecule is Cc1cc(Cl)ccc1CC(CN)c1ncccc1I. The Labute approximate surface area is 132 Å². The number of aromatic nitrogens is 1. The maximum atomic E-state index is 5.99.